The Morgan fingerprint density at radius 3 is 2.24 bits per heavy atom. The molecular weight excluding hydrogens is 228 g/mol. The quantitative estimate of drug-likeness (QED) is 0.768. The van der Waals surface area contributed by atoms with E-state index in [9.17, 15) is 0 Å². The van der Waals surface area contributed by atoms with Crippen molar-refractivity contribution in [2.24, 2.45) is 23.5 Å². The highest BCUT2D eigenvalue weighted by Crippen LogP contribution is 2.33. The summed E-state index contributed by atoms with van der Waals surface area (Å²) in [5, 5.41) is 0. The lowest BCUT2D eigenvalue weighted by Gasteiger charge is -2.42. The van der Waals surface area contributed by atoms with E-state index in [1.807, 2.05) is 0 Å². The van der Waals surface area contributed by atoms with Crippen molar-refractivity contribution in [2.45, 2.75) is 52.0 Å². The number of rotatable bonds is 2. The smallest absolute Gasteiger partial charge is 0.0759 e. The standard InChI is InChI=1S/C14H26N2S/c1-10-3-4-13(9-11(10)2)16-7-5-12(6-8-16)14(15)17/h10-13H,3-9H2,1-2H3,(H2,15,17). The van der Waals surface area contributed by atoms with E-state index in [0.717, 1.165) is 22.9 Å². The van der Waals surface area contributed by atoms with Crippen LogP contribution in [0.3, 0.4) is 0 Å². The van der Waals surface area contributed by atoms with Crippen molar-refractivity contribution < 1.29 is 0 Å². The lowest BCUT2D eigenvalue weighted by molar-refractivity contribution is 0.0850. The summed E-state index contributed by atoms with van der Waals surface area (Å²) in [7, 11) is 0. The lowest BCUT2D eigenvalue weighted by atomic mass is 9.78. The SMILES string of the molecule is CC1CCC(N2CCC(C(N)=S)CC2)CC1C. The average molecular weight is 254 g/mol. The molecule has 2 N–H and O–H groups in total. The Bertz CT molecular complexity index is 271. The number of thiocarbonyl (C=S) groups is 1. The van der Waals surface area contributed by atoms with Gasteiger partial charge in [0.1, 0.15) is 0 Å². The minimum Gasteiger partial charge on any atom is -0.393 e. The molecule has 2 fully saturated rings. The van der Waals surface area contributed by atoms with Crippen LogP contribution in [0.1, 0.15) is 46.0 Å². The highest BCUT2D eigenvalue weighted by Gasteiger charge is 2.31. The van der Waals surface area contributed by atoms with Crippen LogP contribution in [0, 0.1) is 17.8 Å². The number of nitrogens with zero attached hydrogens (tertiary/aromatic N) is 1. The van der Waals surface area contributed by atoms with Gasteiger partial charge in [-0.25, -0.2) is 0 Å². The Hall–Kier alpha value is -0.150. The molecule has 3 unspecified atom stereocenters. The van der Waals surface area contributed by atoms with Crippen LogP contribution in [0.2, 0.25) is 0 Å². The zero-order valence-electron chi connectivity index (χ0n) is 11.2. The number of hydrogen-bond acceptors (Lipinski definition) is 2. The number of nitrogens with two attached hydrogens (primary N) is 1. The van der Waals surface area contributed by atoms with Crippen molar-refractivity contribution in [1.82, 2.24) is 4.90 Å². The Morgan fingerprint density at radius 1 is 1.06 bits per heavy atom. The van der Waals surface area contributed by atoms with Crippen molar-refractivity contribution in [3.63, 3.8) is 0 Å². The van der Waals surface area contributed by atoms with Crippen LogP contribution in [0.4, 0.5) is 0 Å². The summed E-state index contributed by atoms with van der Waals surface area (Å²) in [6.45, 7) is 7.22. The second-order valence-corrected chi connectivity index (χ2v) is 6.61. The van der Waals surface area contributed by atoms with Gasteiger partial charge in [-0.05, 0) is 57.0 Å². The van der Waals surface area contributed by atoms with Crippen LogP contribution in [0.15, 0.2) is 0 Å². The van der Waals surface area contributed by atoms with Gasteiger partial charge in [0.05, 0.1) is 4.99 Å². The fourth-order valence-electron chi connectivity index (χ4n) is 3.40. The zero-order valence-corrected chi connectivity index (χ0v) is 12.0. The predicted octanol–water partition coefficient (Wildman–Crippen LogP) is 2.81. The van der Waals surface area contributed by atoms with Crippen LogP contribution < -0.4 is 5.73 Å². The van der Waals surface area contributed by atoms with E-state index in [4.69, 9.17) is 18.0 Å². The Morgan fingerprint density at radius 2 is 1.71 bits per heavy atom. The number of likely N-dealkylation sites (tertiary alicyclic amines) is 1. The third-order valence-corrected chi connectivity index (χ3v) is 5.35. The highest BCUT2D eigenvalue weighted by atomic mass is 32.1. The highest BCUT2D eigenvalue weighted by molar-refractivity contribution is 7.80. The minimum absolute atomic E-state index is 0.501. The normalized spacial score (nSPS) is 36.9. The van der Waals surface area contributed by atoms with E-state index in [-0.39, 0.29) is 0 Å². The fraction of sp³-hybridized carbons (Fsp3) is 0.929. The molecule has 0 radical (unpaired) electrons. The Labute approximate surface area is 111 Å². The molecule has 3 atom stereocenters. The maximum atomic E-state index is 5.74. The molecule has 0 aromatic heterocycles. The van der Waals surface area contributed by atoms with E-state index >= 15 is 0 Å². The van der Waals surface area contributed by atoms with Gasteiger partial charge in [0.15, 0.2) is 0 Å². The van der Waals surface area contributed by atoms with Crippen molar-refractivity contribution in [3.8, 4) is 0 Å². The first-order valence-electron chi connectivity index (χ1n) is 7.11. The molecule has 0 aromatic rings. The topological polar surface area (TPSA) is 29.3 Å². The molecule has 2 aliphatic rings. The van der Waals surface area contributed by atoms with Crippen LogP contribution in [-0.4, -0.2) is 29.0 Å². The Balaban J connectivity index is 1.83. The van der Waals surface area contributed by atoms with Crippen LogP contribution in [0.25, 0.3) is 0 Å². The van der Waals surface area contributed by atoms with E-state index in [1.54, 1.807) is 0 Å². The molecule has 0 spiro atoms. The van der Waals surface area contributed by atoms with E-state index in [1.165, 1.54) is 45.2 Å². The molecule has 1 saturated carbocycles. The van der Waals surface area contributed by atoms with Crippen molar-refractivity contribution in [1.29, 1.82) is 0 Å². The molecule has 17 heavy (non-hydrogen) atoms. The summed E-state index contributed by atoms with van der Waals surface area (Å²) in [5.41, 5.74) is 5.74. The maximum Gasteiger partial charge on any atom is 0.0759 e. The molecule has 1 aliphatic heterocycles. The van der Waals surface area contributed by atoms with Crippen molar-refractivity contribution in [3.05, 3.63) is 0 Å². The number of piperidine rings is 1. The summed E-state index contributed by atoms with van der Waals surface area (Å²) in [5.74, 6) is 2.31. The molecule has 1 saturated heterocycles. The fourth-order valence-corrected chi connectivity index (χ4v) is 3.64. The first kappa shape index (κ1) is 13.3. The van der Waals surface area contributed by atoms with Gasteiger partial charge < -0.3 is 10.6 Å². The summed E-state index contributed by atoms with van der Waals surface area (Å²) in [4.78, 5) is 3.42. The predicted molar refractivity (Wildman–Crippen MR) is 77.0 cm³/mol. The van der Waals surface area contributed by atoms with Crippen molar-refractivity contribution >= 4 is 17.2 Å². The van der Waals surface area contributed by atoms with Gasteiger partial charge in [-0.15, -0.1) is 0 Å². The van der Waals surface area contributed by atoms with Crippen LogP contribution >= 0.6 is 12.2 Å². The van der Waals surface area contributed by atoms with E-state index in [0.29, 0.717) is 5.92 Å². The van der Waals surface area contributed by atoms with E-state index in [2.05, 4.69) is 18.7 Å². The van der Waals surface area contributed by atoms with Crippen LogP contribution in [-0.2, 0) is 0 Å². The van der Waals surface area contributed by atoms with Crippen molar-refractivity contribution in [2.75, 3.05) is 13.1 Å². The van der Waals surface area contributed by atoms with Gasteiger partial charge in [0.2, 0.25) is 0 Å². The Kier molecular flexibility index (Phi) is 4.42. The second kappa shape index (κ2) is 5.66. The van der Waals surface area contributed by atoms with Gasteiger partial charge in [0.25, 0.3) is 0 Å². The third-order valence-electron chi connectivity index (χ3n) is 5.02. The molecule has 98 valence electrons. The summed E-state index contributed by atoms with van der Waals surface area (Å²) in [6, 6.07) is 0.827. The molecule has 0 amide bonds. The third kappa shape index (κ3) is 3.19. The minimum atomic E-state index is 0.501. The average Bonchev–Trinajstić information content (AvgIpc) is 2.33. The second-order valence-electron chi connectivity index (χ2n) is 6.13. The largest absolute Gasteiger partial charge is 0.393 e. The molecule has 0 aromatic carbocycles. The molecule has 1 aliphatic carbocycles. The first-order chi connectivity index (χ1) is 8.08. The summed E-state index contributed by atoms with van der Waals surface area (Å²) >= 11 is 5.10. The van der Waals surface area contributed by atoms with Gasteiger partial charge in [-0.3, -0.25) is 0 Å². The monoisotopic (exact) mass is 254 g/mol. The van der Waals surface area contributed by atoms with Gasteiger partial charge >= 0.3 is 0 Å². The molecular formula is C14H26N2S. The zero-order chi connectivity index (χ0) is 12.4. The lowest BCUT2D eigenvalue weighted by Crippen LogP contribution is -2.46. The molecule has 0 bridgehead atoms. The van der Waals surface area contributed by atoms with Crippen LogP contribution in [0.5, 0.6) is 0 Å². The van der Waals surface area contributed by atoms with Gasteiger partial charge in [0, 0.05) is 12.0 Å². The van der Waals surface area contributed by atoms with Gasteiger partial charge in [-0.1, -0.05) is 26.1 Å². The number of hydrogen-bond donors (Lipinski definition) is 1. The summed E-state index contributed by atoms with van der Waals surface area (Å²) < 4.78 is 0. The summed E-state index contributed by atoms with van der Waals surface area (Å²) in [6.07, 6.45) is 6.54. The molecule has 3 heteroatoms. The molecule has 1 heterocycles. The van der Waals surface area contributed by atoms with Gasteiger partial charge in [-0.2, -0.15) is 0 Å². The molecule has 2 nitrogen and oxygen atoms in total. The maximum absolute atomic E-state index is 5.74. The van der Waals surface area contributed by atoms with E-state index < -0.39 is 0 Å². The molecule has 2 rings (SSSR count). The first-order valence-corrected chi connectivity index (χ1v) is 7.52.